The summed E-state index contributed by atoms with van der Waals surface area (Å²) in [5.41, 5.74) is 2.41. The van der Waals surface area contributed by atoms with Crippen LogP contribution in [0.4, 0.5) is 8.78 Å². The van der Waals surface area contributed by atoms with Gasteiger partial charge in [0.15, 0.2) is 0 Å². The van der Waals surface area contributed by atoms with Crippen molar-refractivity contribution in [2.75, 3.05) is 0 Å². The van der Waals surface area contributed by atoms with Gasteiger partial charge in [0.25, 0.3) is 0 Å². The van der Waals surface area contributed by atoms with Gasteiger partial charge in [-0.2, -0.15) is 15.0 Å². The highest BCUT2D eigenvalue weighted by Crippen LogP contribution is 2.15. The molecule has 0 aliphatic heterocycles. The van der Waals surface area contributed by atoms with Crippen LogP contribution in [0.15, 0.2) is 48.7 Å². The van der Waals surface area contributed by atoms with Gasteiger partial charge in [0, 0.05) is 12.0 Å². The van der Waals surface area contributed by atoms with Crippen LogP contribution in [-0.2, 0) is 13.2 Å². The minimum absolute atomic E-state index is 0.285. The van der Waals surface area contributed by atoms with Gasteiger partial charge in [-0.15, -0.1) is 0 Å². The third kappa shape index (κ3) is 4.02. The van der Waals surface area contributed by atoms with Crippen LogP contribution in [0.2, 0.25) is 0 Å². The molecule has 0 spiro atoms. The lowest BCUT2D eigenvalue weighted by atomic mass is 10.2. The summed E-state index contributed by atoms with van der Waals surface area (Å²) in [5.74, 6) is 5.58. The van der Waals surface area contributed by atoms with Crippen molar-refractivity contribution in [2.45, 2.75) is 19.6 Å². The Morgan fingerprint density at radius 3 is 2.71 bits per heavy atom. The third-order valence-corrected chi connectivity index (χ3v) is 3.27. The lowest BCUT2D eigenvalue weighted by Gasteiger charge is -1.96. The molecule has 6 heteroatoms. The fraction of sp³-hybridized carbons (Fsp3) is 0.167. The van der Waals surface area contributed by atoms with Crippen molar-refractivity contribution >= 4 is 0 Å². The predicted octanol–water partition coefficient (Wildman–Crippen LogP) is 3.39. The maximum absolute atomic E-state index is 12.9. The fourth-order valence-corrected chi connectivity index (χ4v) is 2.09. The van der Waals surface area contributed by atoms with Gasteiger partial charge in [-0.3, -0.25) is 0 Å². The van der Waals surface area contributed by atoms with Gasteiger partial charge in [0.05, 0.1) is 18.4 Å². The topological polar surface area (TPSA) is 43.6 Å². The molecule has 0 amide bonds. The molecule has 0 saturated heterocycles. The highest BCUT2D eigenvalue weighted by atomic mass is 19.1. The van der Waals surface area contributed by atoms with E-state index in [9.17, 15) is 8.78 Å². The first-order chi connectivity index (χ1) is 11.7. The molecule has 0 atom stereocenters. The molecule has 4 nitrogen and oxygen atoms in total. The molecule has 1 aromatic carbocycles. The number of benzene rings is 1. The van der Waals surface area contributed by atoms with Crippen LogP contribution in [-0.4, -0.2) is 20.0 Å². The molecule has 0 saturated carbocycles. The zero-order chi connectivity index (χ0) is 16.8. The SMILES string of the molecule is FCc1cccc(C#CCCn2ncc(-c3ccc(F)cc3)n2)n1. The van der Waals surface area contributed by atoms with E-state index in [-0.39, 0.29) is 5.82 Å². The quantitative estimate of drug-likeness (QED) is 0.691. The first-order valence-corrected chi connectivity index (χ1v) is 7.41. The molecule has 24 heavy (non-hydrogen) atoms. The molecule has 0 bridgehead atoms. The molecule has 3 aromatic rings. The van der Waals surface area contributed by atoms with Crippen molar-refractivity contribution in [2.24, 2.45) is 0 Å². The average molecular weight is 324 g/mol. The van der Waals surface area contributed by atoms with Crippen molar-refractivity contribution in [3.63, 3.8) is 0 Å². The maximum atomic E-state index is 12.9. The number of hydrogen-bond acceptors (Lipinski definition) is 3. The van der Waals surface area contributed by atoms with Gasteiger partial charge in [-0.25, -0.2) is 13.8 Å². The van der Waals surface area contributed by atoms with Gasteiger partial charge in [0.2, 0.25) is 0 Å². The molecule has 0 fully saturated rings. The van der Waals surface area contributed by atoms with Crippen LogP contribution in [0.5, 0.6) is 0 Å². The summed E-state index contributed by atoms with van der Waals surface area (Å²) in [4.78, 5) is 5.61. The third-order valence-electron chi connectivity index (χ3n) is 3.27. The molecular formula is C18H14F2N4. The van der Waals surface area contributed by atoms with Gasteiger partial charge in [-0.1, -0.05) is 12.0 Å². The van der Waals surface area contributed by atoms with Crippen molar-refractivity contribution in [1.29, 1.82) is 0 Å². The van der Waals surface area contributed by atoms with Crippen molar-refractivity contribution in [3.8, 4) is 23.1 Å². The second kappa shape index (κ2) is 7.47. The van der Waals surface area contributed by atoms with E-state index >= 15 is 0 Å². The summed E-state index contributed by atoms with van der Waals surface area (Å²) >= 11 is 0. The van der Waals surface area contributed by atoms with E-state index in [0.29, 0.717) is 30.0 Å². The second-order valence-corrected chi connectivity index (χ2v) is 5.03. The van der Waals surface area contributed by atoms with Crippen LogP contribution in [0.3, 0.4) is 0 Å². The summed E-state index contributed by atoms with van der Waals surface area (Å²) in [6.07, 6.45) is 2.17. The van der Waals surface area contributed by atoms with Crippen LogP contribution >= 0.6 is 0 Å². The summed E-state index contributed by atoms with van der Waals surface area (Å²) < 4.78 is 25.4. The normalized spacial score (nSPS) is 10.2. The first kappa shape index (κ1) is 15.8. The molecule has 0 radical (unpaired) electrons. The summed E-state index contributed by atoms with van der Waals surface area (Å²) in [5, 5.41) is 8.50. The highest BCUT2D eigenvalue weighted by molar-refractivity contribution is 5.57. The molecule has 0 aliphatic carbocycles. The molecule has 0 unspecified atom stereocenters. The van der Waals surface area contributed by atoms with Crippen LogP contribution < -0.4 is 0 Å². The Morgan fingerprint density at radius 2 is 1.92 bits per heavy atom. The van der Waals surface area contributed by atoms with E-state index in [4.69, 9.17) is 0 Å². The zero-order valence-electron chi connectivity index (χ0n) is 12.8. The number of nitrogens with zero attached hydrogens (tertiary/aromatic N) is 4. The summed E-state index contributed by atoms with van der Waals surface area (Å²) in [6.45, 7) is -0.0735. The molecule has 2 aromatic heterocycles. The summed E-state index contributed by atoms with van der Waals surface area (Å²) in [7, 11) is 0. The van der Waals surface area contributed by atoms with Crippen molar-refractivity contribution in [1.82, 2.24) is 20.0 Å². The fourth-order valence-electron chi connectivity index (χ4n) is 2.09. The van der Waals surface area contributed by atoms with Crippen LogP contribution in [0.25, 0.3) is 11.3 Å². The van der Waals surface area contributed by atoms with Gasteiger partial charge in [0.1, 0.15) is 23.9 Å². The number of hydrogen-bond donors (Lipinski definition) is 0. The monoisotopic (exact) mass is 324 g/mol. The number of alkyl halides is 1. The Hall–Kier alpha value is -3.07. The molecular weight excluding hydrogens is 310 g/mol. The Balaban J connectivity index is 1.60. The smallest absolute Gasteiger partial charge is 0.131 e. The van der Waals surface area contributed by atoms with Crippen LogP contribution in [0, 0.1) is 17.7 Å². The van der Waals surface area contributed by atoms with E-state index in [1.165, 1.54) is 12.1 Å². The van der Waals surface area contributed by atoms with Gasteiger partial charge >= 0.3 is 0 Å². The highest BCUT2D eigenvalue weighted by Gasteiger charge is 2.03. The minimum atomic E-state index is -0.598. The van der Waals surface area contributed by atoms with E-state index in [1.807, 2.05) is 0 Å². The molecule has 0 aliphatic rings. The number of pyridine rings is 1. The van der Waals surface area contributed by atoms with Crippen molar-refractivity contribution < 1.29 is 8.78 Å². The summed E-state index contributed by atoms with van der Waals surface area (Å²) in [6, 6.07) is 11.2. The van der Waals surface area contributed by atoms with Crippen molar-refractivity contribution in [3.05, 3.63) is 65.9 Å². The predicted molar refractivity (Wildman–Crippen MR) is 86.0 cm³/mol. The molecule has 120 valence electrons. The molecule has 0 N–H and O–H groups in total. The Morgan fingerprint density at radius 1 is 1.08 bits per heavy atom. The van der Waals surface area contributed by atoms with E-state index < -0.39 is 6.67 Å². The number of rotatable bonds is 4. The number of aryl methyl sites for hydroxylation is 1. The van der Waals surface area contributed by atoms with Crippen LogP contribution in [0.1, 0.15) is 17.8 Å². The van der Waals surface area contributed by atoms with Gasteiger partial charge < -0.3 is 0 Å². The van der Waals surface area contributed by atoms with E-state index in [2.05, 4.69) is 27.0 Å². The van der Waals surface area contributed by atoms with Gasteiger partial charge in [-0.05, 0) is 42.3 Å². The lowest BCUT2D eigenvalue weighted by molar-refractivity contribution is 0.476. The maximum Gasteiger partial charge on any atom is 0.131 e. The first-order valence-electron chi connectivity index (χ1n) is 7.41. The Bertz CT molecular complexity index is 876. The minimum Gasteiger partial charge on any atom is -0.244 e. The largest absolute Gasteiger partial charge is 0.244 e. The number of halogens is 2. The van der Waals surface area contributed by atoms with E-state index in [0.717, 1.165) is 5.56 Å². The molecule has 2 heterocycles. The Kier molecular flexibility index (Phi) is 4.92. The zero-order valence-corrected chi connectivity index (χ0v) is 12.8. The standard InChI is InChI=1S/C18H14F2N4/c19-12-17-6-3-5-16(22-17)4-1-2-11-24-21-13-18(23-24)14-7-9-15(20)10-8-14/h3,5-10,13H,2,11-12H2. The second-order valence-electron chi connectivity index (χ2n) is 5.03. The average Bonchev–Trinajstić information content (AvgIpc) is 3.08. The van der Waals surface area contributed by atoms with E-state index in [1.54, 1.807) is 41.3 Å². The number of aromatic nitrogens is 4. The Labute approximate surface area is 138 Å². The molecule has 3 rings (SSSR count). The lowest BCUT2D eigenvalue weighted by Crippen LogP contribution is -2.01.